The average Bonchev–Trinajstić information content (AvgIpc) is 3.12. The minimum absolute atomic E-state index is 0. The first kappa shape index (κ1) is 14.9. The number of carbonyl (C=O) groups is 1. The van der Waals surface area contributed by atoms with E-state index in [1.54, 1.807) is 0 Å². The normalized spacial score (nSPS) is 32.6. The molecule has 0 saturated heterocycles. The maximum Gasteiger partial charge on any atom is 0.229 e. The maximum absolute atomic E-state index is 12.5. The van der Waals surface area contributed by atoms with Gasteiger partial charge in [-0.05, 0) is 73.6 Å². The molecule has 0 spiro atoms. The lowest BCUT2D eigenvalue weighted by Crippen LogP contribution is -2.42. The molecular weight excluding hydrogens is 284 g/mol. The van der Waals surface area contributed by atoms with E-state index < -0.39 is 0 Å². The molecule has 3 nitrogen and oxygen atoms in total. The highest BCUT2D eigenvalue weighted by molar-refractivity contribution is 5.93. The maximum atomic E-state index is 12.5. The van der Waals surface area contributed by atoms with Gasteiger partial charge in [-0.15, -0.1) is 12.4 Å². The minimum atomic E-state index is 0. The quantitative estimate of drug-likeness (QED) is 0.882. The van der Waals surface area contributed by atoms with Crippen LogP contribution in [-0.4, -0.2) is 11.9 Å². The number of nitrogens with one attached hydrogen (secondary N) is 1. The zero-order chi connectivity index (χ0) is 13.7. The highest BCUT2D eigenvalue weighted by atomic mass is 35.5. The number of aryl methyl sites for hydroxylation is 2. The molecule has 4 unspecified atom stereocenters. The standard InChI is InChI=1S/C17H22N2O.ClH/c18-16-13-5-4-12(8-13)15(16)17(20)19-14-7-6-10-2-1-3-11(10)9-14;/h6-7,9,12-13,15-16H,1-5,8,18H2,(H,19,20);1H. The number of fused-ring (bicyclic) bond motifs is 3. The van der Waals surface area contributed by atoms with Crippen molar-refractivity contribution >= 4 is 24.0 Å². The number of nitrogens with two attached hydrogens (primary N) is 1. The van der Waals surface area contributed by atoms with Gasteiger partial charge in [0.05, 0.1) is 5.92 Å². The van der Waals surface area contributed by atoms with Crippen LogP contribution in [0.3, 0.4) is 0 Å². The molecule has 2 saturated carbocycles. The smallest absolute Gasteiger partial charge is 0.229 e. The Hall–Kier alpha value is -1.06. The van der Waals surface area contributed by atoms with Crippen LogP contribution >= 0.6 is 12.4 Å². The van der Waals surface area contributed by atoms with Crippen molar-refractivity contribution in [3.05, 3.63) is 29.3 Å². The summed E-state index contributed by atoms with van der Waals surface area (Å²) in [6.07, 6.45) is 7.12. The van der Waals surface area contributed by atoms with E-state index in [0.717, 1.165) is 18.5 Å². The molecule has 1 aromatic carbocycles. The molecule has 0 aliphatic heterocycles. The monoisotopic (exact) mass is 306 g/mol. The third-order valence-electron chi connectivity index (χ3n) is 5.65. The lowest BCUT2D eigenvalue weighted by Gasteiger charge is -2.27. The van der Waals surface area contributed by atoms with Gasteiger partial charge in [0, 0.05) is 11.7 Å². The van der Waals surface area contributed by atoms with Crippen LogP contribution < -0.4 is 11.1 Å². The van der Waals surface area contributed by atoms with Crippen LogP contribution in [0.25, 0.3) is 0 Å². The molecule has 4 atom stereocenters. The number of anilines is 1. The van der Waals surface area contributed by atoms with E-state index in [1.165, 1.54) is 36.8 Å². The third-order valence-corrected chi connectivity index (χ3v) is 5.65. The number of hydrogen-bond acceptors (Lipinski definition) is 2. The summed E-state index contributed by atoms with van der Waals surface area (Å²) < 4.78 is 0. The zero-order valence-corrected chi connectivity index (χ0v) is 13.0. The van der Waals surface area contributed by atoms with Crippen LogP contribution in [0.5, 0.6) is 0 Å². The van der Waals surface area contributed by atoms with E-state index >= 15 is 0 Å². The molecule has 3 N–H and O–H groups in total. The molecule has 3 aliphatic carbocycles. The minimum Gasteiger partial charge on any atom is -0.327 e. The van der Waals surface area contributed by atoms with Gasteiger partial charge < -0.3 is 11.1 Å². The number of hydrogen-bond donors (Lipinski definition) is 2. The zero-order valence-electron chi connectivity index (χ0n) is 12.2. The van der Waals surface area contributed by atoms with Gasteiger partial charge in [0.25, 0.3) is 0 Å². The van der Waals surface area contributed by atoms with Gasteiger partial charge in [0.2, 0.25) is 5.91 Å². The van der Waals surface area contributed by atoms with Gasteiger partial charge in [-0.2, -0.15) is 0 Å². The largest absolute Gasteiger partial charge is 0.327 e. The lowest BCUT2D eigenvalue weighted by atomic mass is 9.84. The molecule has 3 aliphatic rings. The van der Waals surface area contributed by atoms with E-state index in [1.807, 2.05) is 6.07 Å². The first-order valence-electron chi connectivity index (χ1n) is 7.90. The van der Waals surface area contributed by atoms with Gasteiger partial charge in [-0.3, -0.25) is 4.79 Å². The average molecular weight is 307 g/mol. The Morgan fingerprint density at radius 1 is 1.14 bits per heavy atom. The second-order valence-corrected chi connectivity index (χ2v) is 6.76. The molecule has 4 heteroatoms. The Kier molecular flexibility index (Phi) is 3.98. The topological polar surface area (TPSA) is 55.1 Å². The summed E-state index contributed by atoms with van der Waals surface area (Å²) in [6, 6.07) is 6.43. The molecule has 0 radical (unpaired) electrons. The van der Waals surface area contributed by atoms with E-state index in [9.17, 15) is 4.79 Å². The Labute approximate surface area is 132 Å². The Balaban J connectivity index is 0.00000132. The van der Waals surface area contributed by atoms with Gasteiger partial charge in [0.1, 0.15) is 0 Å². The summed E-state index contributed by atoms with van der Waals surface area (Å²) in [5.74, 6) is 1.27. The Bertz CT molecular complexity index is 558. The van der Waals surface area contributed by atoms with Crippen molar-refractivity contribution < 1.29 is 4.79 Å². The number of amides is 1. The molecule has 114 valence electrons. The summed E-state index contributed by atoms with van der Waals surface area (Å²) in [7, 11) is 0. The Morgan fingerprint density at radius 3 is 2.67 bits per heavy atom. The van der Waals surface area contributed by atoms with Gasteiger partial charge in [-0.25, -0.2) is 0 Å². The first-order chi connectivity index (χ1) is 9.72. The second kappa shape index (κ2) is 5.62. The van der Waals surface area contributed by atoms with Crippen LogP contribution in [0.15, 0.2) is 18.2 Å². The summed E-state index contributed by atoms with van der Waals surface area (Å²) in [4.78, 5) is 12.5. The van der Waals surface area contributed by atoms with Crippen LogP contribution in [0.2, 0.25) is 0 Å². The van der Waals surface area contributed by atoms with Crippen LogP contribution in [-0.2, 0) is 17.6 Å². The van der Waals surface area contributed by atoms with Gasteiger partial charge >= 0.3 is 0 Å². The van der Waals surface area contributed by atoms with E-state index in [2.05, 4.69) is 17.4 Å². The summed E-state index contributed by atoms with van der Waals surface area (Å²) in [5.41, 5.74) is 10.0. The number of benzene rings is 1. The summed E-state index contributed by atoms with van der Waals surface area (Å²) in [6.45, 7) is 0. The molecule has 1 amide bonds. The van der Waals surface area contributed by atoms with Gasteiger partial charge in [0.15, 0.2) is 0 Å². The van der Waals surface area contributed by atoms with E-state index in [0.29, 0.717) is 11.8 Å². The molecule has 21 heavy (non-hydrogen) atoms. The lowest BCUT2D eigenvalue weighted by molar-refractivity contribution is -0.121. The highest BCUT2D eigenvalue weighted by Crippen LogP contribution is 2.47. The van der Waals surface area contributed by atoms with E-state index in [4.69, 9.17) is 5.73 Å². The number of halogens is 1. The van der Waals surface area contributed by atoms with Gasteiger partial charge in [-0.1, -0.05) is 6.07 Å². The SMILES string of the molecule is Cl.NC1C2CCC(C2)C1C(=O)Nc1ccc2c(c1)CCC2. The summed E-state index contributed by atoms with van der Waals surface area (Å²) in [5, 5.41) is 3.11. The number of rotatable bonds is 2. The van der Waals surface area contributed by atoms with Crippen molar-refractivity contribution in [3.8, 4) is 0 Å². The fourth-order valence-corrected chi connectivity index (χ4v) is 4.60. The van der Waals surface area contributed by atoms with Crippen molar-refractivity contribution in [1.82, 2.24) is 0 Å². The van der Waals surface area contributed by atoms with Crippen LogP contribution in [0.1, 0.15) is 36.8 Å². The van der Waals surface area contributed by atoms with Crippen LogP contribution in [0, 0.1) is 17.8 Å². The van der Waals surface area contributed by atoms with Crippen molar-refractivity contribution in [1.29, 1.82) is 0 Å². The molecule has 0 heterocycles. The second-order valence-electron chi connectivity index (χ2n) is 6.76. The Morgan fingerprint density at radius 2 is 1.90 bits per heavy atom. The molecule has 2 fully saturated rings. The molecule has 1 aromatic rings. The van der Waals surface area contributed by atoms with Crippen LogP contribution in [0.4, 0.5) is 5.69 Å². The van der Waals surface area contributed by atoms with Crippen molar-refractivity contribution in [2.75, 3.05) is 5.32 Å². The predicted molar refractivity (Wildman–Crippen MR) is 86.6 cm³/mol. The fraction of sp³-hybridized carbons (Fsp3) is 0.588. The molecule has 0 aromatic heterocycles. The molecular formula is C17H23ClN2O. The third kappa shape index (κ3) is 2.47. The highest BCUT2D eigenvalue weighted by Gasteiger charge is 2.49. The fourth-order valence-electron chi connectivity index (χ4n) is 4.60. The van der Waals surface area contributed by atoms with E-state index in [-0.39, 0.29) is 30.3 Å². The van der Waals surface area contributed by atoms with Crippen molar-refractivity contribution in [2.45, 2.75) is 44.6 Å². The summed E-state index contributed by atoms with van der Waals surface area (Å²) >= 11 is 0. The number of carbonyl (C=O) groups excluding carboxylic acids is 1. The van der Waals surface area contributed by atoms with Crippen molar-refractivity contribution in [2.24, 2.45) is 23.5 Å². The predicted octanol–water partition coefficient (Wildman–Crippen LogP) is 2.91. The van der Waals surface area contributed by atoms with Crippen molar-refractivity contribution in [3.63, 3.8) is 0 Å². The first-order valence-corrected chi connectivity index (χ1v) is 7.90. The molecule has 2 bridgehead atoms. The molecule has 4 rings (SSSR count).